The molecule has 3 rings (SSSR count). The lowest BCUT2D eigenvalue weighted by Crippen LogP contribution is -2.38. The van der Waals surface area contributed by atoms with Crippen molar-refractivity contribution in [3.63, 3.8) is 0 Å². The van der Waals surface area contributed by atoms with Crippen molar-refractivity contribution in [2.24, 2.45) is 0 Å². The van der Waals surface area contributed by atoms with Gasteiger partial charge in [-0.15, -0.1) is 0 Å². The topological polar surface area (TPSA) is 60.0 Å². The summed E-state index contributed by atoms with van der Waals surface area (Å²) in [7, 11) is 0. The smallest absolute Gasteiger partial charge is 0.326 e. The van der Waals surface area contributed by atoms with E-state index in [1.807, 2.05) is 39.0 Å². The van der Waals surface area contributed by atoms with Crippen molar-refractivity contribution < 1.29 is 19.0 Å². The van der Waals surface area contributed by atoms with Crippen LogP contribution >= 0.6 is 0 Å². The summed E-state index contributed by atoms with van der Waals surface area (Å²) in [5.41, 5.74) is 2.77. The van der Waals surface area contributed by atoms with E-state index in [0.717, 1.165) is 18.5 Å². The fraction of sp³-hybridized carbons (Fsp3) is 0.409. The summed E-state index contributed by atoms with van der Waals surface area (Å²) in [5.74, 6) is 1.68. The number of amides is 2. The van der Waals surface area contributed by atoms with Gasteiger partial charge >= 0.3 is 6.03 Å². The standard InChI is InChI=1S/C22H28N2O4/c1-4-26-19-14-17(15-20(27-5-2)21(19)28-6-3)23-22(25)24-13-9-11-16-10-7-8-12-18(16)24/h7-8,10,12,14-15H,4-6,9,11,13H2,1-3H3,(H,23,25). The quantitative estimate of drug-likeness (QED) is 0.740. The summed E-state index contributed by atoms with van der Waals surface area (Å²) in [4.78, 5) is 14.8. The number of hydrogen-bond acceptors (Lipinski definition) is 4. The lowest BCUT2D eigenvalue weighted by molar-refractivity contribution is 0.256. The molecule has 0 aromatic heterocycles. The number of para-hydroxylation sites is 1. The van der Waals surface area contributed by atoms with Crippen molar-refractivity contribution in [1.82, 2.24) is 0 Å². The molecule has 0 unspecified atom stereocenters. The molecule has 2 amide bonds. The molecule has 1 heterocycles. The number of rotatable bonds is 7. The number of urea groups is 1. The predicted molar refractivity (Wildman–Crippen MR) is 111 cm³/mol. The van der Waals surface area contributed by atoms with Crippen LogP contribution in [-0.4, -0.2) is 32.4 Å². The molecule has 0 radical (unpaired) electrons. The van der Waals surface area contributed by atoms with Crippen molar-refractivity contribution in [2.75, 3.05) is 36.6 Å². The lowest BCUT2D eigenvalue weighted by atomic mass is 10.0. The van der Waals surface area contributed by atoms with Crippen LogP contribution in [0.4, 0.5) is 16.2 Å². The molecule has 2 aromatic carbocycles. The number of carbonyl (C=O) groups is 1. The Balaban J connectivity index is 1.88. The van der Waals surface area contributed by atoms with E-state index in [-0.39, 0.29) is 6.03 Å². The first kappa shape index (κ1) is 19.9. The Morgan fingerprint density at radius 3 is 2.29 bits per heavy atom. The zero-order valence-corrected chi connectivity index (χ0v) is 16.8. The number of carbonyl (C=O) groups excluding carboxylic acids is 1. The minimum Gasteiger partial charge on any atom is -0.490 e. The van der Waals surface area contributed by atoms with Gasteiger partial charge in [0.15, 0.2) is 11.5 Å². The molecule has 1 aliphatic heterocycles. The Hall–Kier alpha value is -2.89. The molecule has 2 aromatic rings. The second-order valence-electron chi connectivity index (χ2n) is 6.41. The van der Waals surface area contributed by atoms with Gasteiger partial charge in [0.2, 0.25) is 5.75 Å². The van der Waals surface area contributed by atoms with Crippen LogP contribution in [0.1, 0.15) is 32.8 Å². The second kappa shape index (κ2) is 9.35. The van der Waals surface area contributed by atoms with Crippen molar-refractivity contribution in [1.29, 1.82) is 0 Å². The molecule has 150 valence electrons. The number of nitrogens with zero attached hydrogens (tertiary/aromatic N) is 1. The highest BCUT2D eigenvalue weighted by Gasteiger charge is 2.23. The van der Waals surface area contributed by atoms with Gasteiger partial charge in [-0.1, -0.05) is 18.2 Å². The SMILES string of the molecule is CCOc1cc(NC(=O)N2CCCc3ccccc32)cc(OCC)c1OCC. The monoisotopic (exact) mass is 384 g/mol. The number of ether oxygens (including phenoxy) is 3. The largest absolute Gasteiger partial charge is 0.490 e. The van der Waals surface area contributed by atoms with Crippen molar-refractivity contribution in [2.45, 2.75) is 33.6 Å². The Labute approximate surface area is 166 Å². The van der Waals surface area contributed by atoms with E-state index in [9.17, 15) is 4.79 Å². The Morgan fingerprint density at radius 2 is 1.64 bits per heavy atom. The number of hydrogen-bond donors (Lipinski definition) is 1. The molecule has 0 aliphatic carbocycles. The zero-order valence-electron chi connectivity index (χ0n) is 16.8. The lowest BCUT2D eigenvalue weighted by Gasteiger charge is -2.29. The van der Waals surface area contributed by atoms with Crippen LogP contribution in [0, 0.1) is 0 Å². The molecule has 0 bridgehead atoms. The predicted octanol–water partition coefficient (Wildman–Crippen LogP) is 4.87. The normalized spacial score (nSPS) is 12.9. The van der Waals surface area contributed by atoms with Crippen LogP contribution < -0.4 is 24.4 Å². The van der Waals surface area contributed by atoms with Crippen molar-refractivity contribution in [3.8, 4) is 17.2 Å². The van der Waals surface area contributed by atoms with Gasteiger partial charge in [-0.3, -0.25) is 4.90 Å². The van der Waals surface area contributed by atoms with Gasteiger partial charge in [0.1, 0.15) is 0 Å². The fourth-order valence-electron chi connectivity index (χ4n) is 3.40. The number of nitrogens with one attached hydrogen (secondary N) is 1. The Morgan fingerprint density at radius 1 is 1.00 bits per heavy atom. The molecule has 0 spiro atoms. The Kier molecular flexibility index (Phi) is 6.63. The fourth-order valence-corrected chi connectivity index (χ4v) is 3.40. The molecule has 1 aliphatic rings. The van der Waals surface area contributed by atoms with Gasteiger partial charge in [0.25, 0.3) is 0 Å². The summed E-state index contributed by atoms with van der Waals surface area (Å²) < 4.78 is 17.2. The second-order valence-corrected chi connectivity index (χ2v) is 6.41. The molecule has 28 heavy (non-hydrogen) atoms. The van der Waals surface area contributed by atoms with E-state index >= 15 is 0 Å². The number of benzene rings is 2. The van der Waals surface area contributed by atoms with Crippen LogP contribution in [-0.2, 0) is 6.42 Å². The van der Waals surface area contributed by atoms with Gasteiger partial charge in [-0.05, 0) is 45.2 Å². The average molecular weight is 384 g/mol. The third-order valence-corrected chi connectivity index (χ3v) is 4.52. The molecule has 0 saturated heterocycles. The number of fused-ring (bicyclic) bond motifs is 1. The van der Waals surface area contributed by atoms with Gasteiger partial charge in [-0.25, -0.2) is 4.79 Å². The van der Waals surface area contributed by atoms with Crippen molar-refractivity contribution >= 4 is 17.4 Å². The molecule has 0 fully saturated rings. The first-order valence-electron chi connectivity index (χ1n) is 9.90. The third-order valence-electron chi connectivity index (χ3n) is 4.52. The van der Waals surface area contributed by atoms with Gasteiger partial charge in [0, 0.05) is 24.4 Å². The molecule has 1 N–H and O–H groups in total. The highest BCUT2D eigenvalue weighted by molar-refractivity contribution is 6.02. The minimum atomic E-state index is -0.166. The summed E-state index contributed by atoms with van der Waals surface area (Å²) in [6.45, 7) is 7.89. The third kappa shape index (κ3) is 4.32. The maximum Gasteiger partial charge on any atom is 0.326 e. The highest BCUT2D eigenvalue weighted by Crippen LogP contribution is 2.41. The number of anilines is 2. The van der Waals surface area contributed by atoms with E-state index in [0.29, 0.717) is 49.3 Å². The van der Waals surface area contributed by atoms with E-state index < -0.39 is 0 Å². The van der Waals surface area contributed by atoms with Gasteiger partial charge < -0.3 is 19.5 Å². The molecule has 6 heteroatoms. The number of aryl methyl sites for hydroxylation is 1. The van der Waals surface area contributed by atoms with Crippen LogP contribution in [0.5, 0.6) is 17.2 Å². The summed E-state index contributed by atoms with van der Waals surface area (Å²) in [6.07, 6.45) is 1.94. The zero-order chi connectivity index (χ0) is 19.9. The minimum absolute atomic E-state index is 0.166. The molecular formula is C22H28N2O4. The van der Waals surface area contributed by atoms with Crippen molar-refractivity contribution in [3.05, 3.63) is 42.0 Å². The van der Waals surface area contributed by atoms with Crippen LogP contribution in [0.15, 0.2) is 36.4 Å². The van der Waals surface area contributed by atoms with Gasteiger partial charge in [0.05, 0.1) is 25.5 Å². The molecule has 0 saturated carbocycles. The van der Waals surface area contributed by atoms with Crippen LogP contribution in [0.2, 0.25) is 0 Å². The maximum absolute atomic E-state index is 13.0. The van der Waals surface area contributed by atoms with Crippen LogP contribution in [0.3, 0.4) is 0 Å². The van der Waals surface area contributed by atoms with Gasteiger partial charge in [-0.2, -0.15) is 0 Å². The molecule has 6 nitrogen and oxygen atoms in total. The average Bonchev–Trinajstić information content (AvgIpc) is 2.70. The molecular weight excluding hydrogens is 356 g/mol. The van der Waals surface area contributed by atoms with Crippen LogP contribution in [0.25, 0.3) is 0 Å². The molecule has 0 atom stereocenters. The van der Waals surface area contributed by atoms with E-state index in [2.05, 4.69) is 11.4 Å². The highest BCUT2D eigenvalue weighted by atomic mass is 16.5. The Bertz CT molecular complexity index is 795. The van der Waals surface area contributed by atoms with E-state index in [1.165, 1.54) is 5.56 Å². The maximum atomic E-state index is 13.0. The summed E-state index contributed by atoms with van der Waals surface area (Å²) >= 11 is 0. The van der Waals surface area contributed by atoms with E-state index in [1.54, 1.807) is 17.0 Å². The summed E-state index contributed by atoms with van der Waals surface area (Å²) in [6, 6.07) is 11.4. The first-order valence-corrected chi connectivity index (χ1v) is 9.90. The van der Waals surface area contributed by atoms with E-state index in [4.69, 9.17) is 14.2 Å². The first-order chi connectivity index (χ1) is 13.7. The summed E-state index contributed by atoms with van der Waals surface area (Å²) in [5, 5.41) is 2.99.